The highest BCUT2D eigenvalue weighted by molar-refractivity contribution is 4.88. The summed E-state index contributed by atoms with van der Waals surface area (Å²) in [7, 11) is 6.66. The first-order valence-electron chi connectivity index (χ1n) is 6.09. The van der Waals surface area contributed by atoms with Crippen LogP contribution in [0, 0.1) is 5.92 Å². The van der Waals surface area contributed by atoms with E-state index in [1.807, 2.05) is 0 Å². The Kier molecular flexibility index (Phi) is 5.03. The van der Waals surface area contributed by atoms with E-state index < -0.39 is 0 Å². The number of nitrogens with zero attached hydrogens (tertiary/aromatic N) is 2. The van der Waals surface area contributed by atoms with E-state index in [1.165, 1.54) is 13.0 Å². The molecule has 15 heavy (non-hydrogen) atoms. The molecule has 2 atom stereocenters. The molecule has 1 aliphatic rings. The fourth-order valence-electron chi connectivity index (χ4n) is 2.45. The summed E-state index contributed by atoms with van der Waals surface area (Å²) in [6, 6.07) is 1.33. The maximum Gasteiger partial charge on any atom is 0.0373 e. The third kappa shape index (κ3) is 3.74. The highest BCUT2D eigenvalue weighted by Gasteiger charge is 2.29. The molecule has 0 amide bonds. The zero-order valence-corrected chi connectivity index (χ0v) is 11.0. The Hall–Kier alpha value is -0.120. The van der Waals surface area contributed by atoms with Crippen LogP contribution in [-0.2, 0) is 0 Å². The minimum Gasteiger partial charge on any atom is -0.314 e. The molecule has 1 heterocycles. The molecule has 0 saturated carbocycles. The van der Waals surface area contributed by atoms with Gasteiger partial charge in [0.1, 0.15) is 0 Å². The van der Waals surface area contributed by atoms with E-state index in [2.05, 4.69) is 50.1 Å². The molecule has 2 unspecified atom stereocenters. The maximum absolute atomic E-state index is 3.51. The molecule has 1 aliphatic heterocycles. The van der Waals surface area contributed by atoms with E-state index in [4.69, 9.17) is 0 Å². The number of piperazine rings is 1. The van der Waals surface area contributed by atoms with Crippen molar-refractivity contribution in [3.8, 4) is 0 Å². The van der Waals surface area contributed by atoms with Crippen molar-refractivity contribution >= 4 is 0 Å². The molecule has 0 aromatic carbocycles. The molecule has 3 nitrogen and oxygen atoms in total. The molecule has 1 fully saturated rings. The van der Waals surface area contributed by atoms with Gasteiger partial charge in [0.05, 0.1) is 0 Å². The molecule has 0 aliphatic carbocycles. The van der Waals surface area contributed by atoms with E-state index in [0.29, 0.717) is 12.1 Å². The van der Waals surface area contributed by atoms with Crippen molar-refractivity contribution in [2.24, 2.45) is 5.92 Å². The van der Waals surface area contributed by atoms with Gasteiger partial charge >= 0.3 is 0 Å². The second-order valence-electron chi connectivity index (χ2n) is 5.41. The Morgan fingerprint density at radius 1 is 1.40 bits per heavy atom. The predicted octanol–water partition coefficient (Wildman–Crippen LogP) is 0.866. The highest BCUT2D eigenvalue weighted by Crippen LogP contribution is 2.17. The van der Waals surface area contributed by atoms with Gasteiger partial charge in [-0.2, -0.15) is 0 Å². The second kappa shape index (κ2) is 5.83. The minimum absolute atomic E-state index is 0.663. The largest absolute Gasteiger partial charge is 0.314 e. The van der Waals surface area contributed by atoms with Crippen molar-refractivity contribution in [1.29, 1.82) is 0 Å². The van der Waals surface area contributed by atoms with Gasteiger partial charge < -0.3 is 10.2 Å². The fourth-order valence-corrected chi connectivity index (χ4v) is 2.45. The zero-order chi connectivity index (χ0) is 11.4. The summed E-state index contributed by atoms with van der Waals surface area (Å²) < 4.78 is 0. The van der Waals surface area contributed by atoms with Crippen LogP contribution in [0.4, 0.5) is 0 Å². The molecule has 0 bridgehead atoms. The summed E-state index contributed by atoms with van der Waals surface area (Å²) in [6.45, 7) is 8.06. The number of nitrogens with one attached hydrogen (secondary N) is 1. The van der Waals surface area contributed by atoms with Gasteiger partial charge in [-0.1, -0.05) is 13.8 Å². The van der Waals surface area contributed by atoms with Gasteiger partial charge in [-0.05, 0) is 33.5 Å². The van der Waals surface area contributed by atoms with Crippen molar-refractivity contribution in [3.63, 3.8) is 0 Å². The summed E-state index contributed by atoms with van der Waals surface area (Å²) in [5, 5.41) is 3.51. The summed E-state index contributed by atoms with van der Waals surface area (Å²) in [4.78, 5) is 4.89. The van der Waals surface area contributed by atoms with E-state index in [1.54, 1.807) is 0 Å². The van der Waals surface area contributed by atoms with Crippen LogP contribution in [0.15, 0.2) is 0 Å². The van der Waals surface area contributed by atoms with E-state index in [9.17, 15) is 0 Å². The normalized spacial score (nSPS) is 26.2. The molecular weight excluding hydrogens is 186 g/mol. The van der Waals surface area contributed by atoms with E-state index in [0.717, 1.165) is 19.0 Å². The Morgan fingerprint density at radius 3 is 2.53 bits per heavy atom. The van der Waals surface area contributed by atoms with Crippen LogP contribution in [0.1, 0.15) is 20.3 Å². The molecule has 0 aromatic rings. The Bertz CT molecular complexity index is 180. The van der Waals surface area contributed by atoms with Gasteiger partial charge in [-0.25, -0.2) is 0 Å². The van der Waals surface area contributed by atoms with Gasteiger partial charge in [0.15, 0.2) is 0 Å². The topological polar surface area (TPSA) is 18.5 Å². The van der Waals surface area contributed by atoms with Crippen LogP contribution in [0.5, 0.6) is 0 Å². The van der Waals surface area contributed by atoms with Gasteiger partial charge in [-0.15, -0.1) is 0 Å². The minimum atomic E-state index is 0.663. The van der Waals surface area contributed by atoms with Crippen LogP contribution in [0.25, 0.3) is 0 Å². The lowest BCUT2D eigenvalue weighted by molar-refractivity contribution is 0.0941. The molecule has 0 radical (unpaired) electrons. The van der Waals surface area contributed by atoms with Crippen molar-refractivity contribution in [2.45, 2.75) is 32.4 Å². The summed E-state index contributed by atoms with van der Waals surface area (Å²) in [5.41, 5.74) is 0. The summed E-state index contributed by atoms with van der Waals surface area (Å²) >= 11 is 0. The van der Waals surface area contributed by atoms with E-state index >= 15 is 0 Å². The SMILES string of the molecule is CC(C)CC(C1CNCCN1C)N(C)C. The lowest BCUT2D eigenvalue weighted by Crippen LogP contribution is -2.58. The smallest absolute Gasteiger partial charge is 0.0373 e. The third-order valence-electron chi connectivity index (χ3n) is 3.38. The highest BCUT2D eigenvalue weighted by atomic mass is 15.3. The molecule has 1 rings (SSSR count). The third-order valence-corrected chi connectivity index (χ3v) is 3.38. The van der Waals surface area contributed by atoms with Crippen molar-refractivity contribution in [1.82, 2.24) is 15.1 Å². The monoisotopic (exact) mass is 213 g/mol. The Balaban J connectivity index is 2.60. The Labute approximate surface area is 94.8 Å². The van der Waals surface area contributed by atoms with E-state index in [-0.39, 0.29) is 0 Å². The first-order chi connectivity index (χ1) is 7.02. The van der Waals surface area contributed by atoms with Gasteiger partial charge in [-0.3, -0.25) is 4.90 Å². The van der Waals surface area contributed by atoms with Crippen molar-refractivity contribution in [3.05, 3.63) is 0 Å². The van der Waals surface area contributed by atoms with Crippen molar-refractivity contribution in [2.75, 3.05) is 40.8 Å². The fraction of sp³-hybridized carbons (Fsp3) is 1.00. The number of rotatable bonds is 4. The second-order valence-corrected chi connectivity index (χ2v) is 5.41. The molecule has 0 spiro atoms. The van der Waals surface area contributed by atoms with Crippen LogP contribution in [0.3, 0.4) is 0 Å². The average Bonchev–Trinajstić information content (AvgIpc) is 2.15. The average molecular weight is 213 g/mol. The molecule has 1 N–H and O–H groups in total. The number of hydrogen-bond acceptors (Lipinski definition) is 3. The van der Waals surface area contributed by atoms with Gasteiger partial charge in [0.25, 0.3) is 0 Å². The molecule has 1 saturated heterocycles. The Morgan fingerprint density at radius 2 is 2.07 bits per heavy atom. The molecule has 3 heteroatoms. The van der Waals surface area contributed by atoms with Gasteiger partial charge in [0, 0.05) is 31.7 Å². The standard InChI is InChI=1S/C12H27N3/c1-10(2)8-11(14(3)4)12-9-13-6-7-15(12)5/h10-13H,6-9H2,1-5H3. The summed E-state index contributed by atoms with van der Waals surface area (Å²) in [6.07, 6.45) is 1.28. The first kappa shape index (κ1) is 12.9. The molecule has 0 aromatic heterocycles. The van der Waals surface area contributed by atoms with Crippen LogP contribution >= 0.6 is 0 Å². The lowest BCUT2D eigenvalue weighted by Gasteiger charge is -2.42. The van der Waals surface area contributed by atoms with Crippen LogP contribution in [0.2, 0.25) is 0 Å². The zero-order valence-electron chi connectivity index (χ0n) is 11.0. The lowest BCUT2D eigenvalue weighted by atomic mass is 9.94. The number of likely N-dealkylation sites (N-methyl/N-ethyl adjacent to an activating group) is 2. The molecule has 90 valence electrons. The molecular formula is C12H27N3. The van der Waals surface area contributed by atoms with Gasteiger partial charge in [0.2, 0.25) is 0 Å². The van der Waals surface area contributed by atoms with Crippen molar-refractivity contribution < 1.29 is 0 Å². The van der Waals surface area contributed by atoms with Crippen LogP contribution in [-0.4, -0.2) is 62.7 Å². The quantitative estimate of drug-likeness (QED) is 0.747. The summed E-state index contributed by atoms with van der Waals surface area (Å²) in [5.74, 6) is 0.771. The van der Waals surface area contributed by atoms with Crippen LogP contribution < -0.4 is 5.32 Å². The predicted molar refractivity (Wildman–Crippen MR) is 66.2 cm³/mol. The number of hydrogen-bond donors (Lipinski definition) is 1. The maximum atomic E-state index is 3.51. The first-order valence-corrected chi connectivity index (χ1v) is 6.09.